The number of hydrogen-bond donors (Lipinski definition) is 2. The molecule has 0 radical (unpaired) electrons. The van der Waals surface area contributed by atoms with Crippen LogP contribution in [0.3, 0.4) is 0 Å². The summed E-state index contributed by atoms with van der Waals surface area (Å²) >= 11 is 0. The number of carbonyl (C=O) groups excluding carboxylic acids is 2. The van der Waals surface area contributed by atoms with E-state index in [9.17, 15) is 27.9 Å². The summed E-state index contributed by atoms with van der Waals surface area (Å²) in [4.78, 5) is 34.4. The van der Waals surface area contributed by atoms with Crippen LogP contribution in [0.5, 0.6) is 11.5 Å². The zero-order chi connectivity index (χ0) is 24.6. The summed E-state index contributed by atoms with van der Waals surface area (Å²) in [6, 6.07) is 8.64. The minimum atomic E-state index is -3.69. The van der Waals surface area contributed by atoms with Crippen molar-refractivity contribution >= 4 is 27.4 Å². The molecule has 0 saturated heterocycles. The molecule has 0 saturated carbocycles. The SMILES string of the molecule is CCCc1c(OCCCS(=O)(=O)c2cccc(C(=O)CCC(=O)O)c2)ccc(C(C)=O)c1O. The second-order valence-electron chi connectivity index (χ2n) is 7.61. The maximum absolute atomic E-state index is 12.7. The number of benzene rings is 2. The number of phenolic OH excluding ortho intramolecular Hbond substituents is 1. The number of ketones is 2. The van der Waals surface area contributed by atoms with E-state index in [1.807, 2.05) is 6.92 Å². The Morgan fingerprint density at radius 1 is 1.06 bits per heavy atom. The van der Waals surface area contributed by atoms with Gasteiger partial charge in [-0.15, -0.1) is 0 Å². The van der Waals surface area contributed by atoms with Gasteiger partial charge in [-0.25, -0.2) is 8.42 Å². The molecule has 0 aliphatic rings. The number of aromatic hydroxyl groups is 1. The monoisotopic (exact) mass is 476 g/mol. The lowest BCUT2D eigenvalue weighted by Crippen LogP contribution is -2.12. The summed E-state index contributed by atoms with van der Waals surface area (Å²) in [6.45, 7) is 3.37. The lowest BCUT2D eigenvalue weighted by molar-refractivity contribution is -0.136. The molecule has 2 aromatic rings. The minimum absolute atomic E-state index is 0.0150. The molecule has 0 unspecified atom stereocenters. The standard InChI is InChI=1S/C24H28O8S/c1-3-6-20-22(11-9-19(16(2)25)24(20)29)32-13-5-14-33(30,31)18-8-4-7-17(15-18)21(26)10-12-23(27)28/h4,7-9,11,15,29H,3,5-6,10,12-14H2,1-2H3,(H,27,28). The molecule has 0 aliphatic carbocycles. The van der Waals surface area contributed by atoms with Crippen LogP contribution in [0.25, 0.3) is 0 Å². The van der Waals surface area contributed by atoms with Gasteiger partial charge in [-0.3, -0.25) is 14.4 Å². The molecule has 0 amide bonds. The van der Waals surface area contributed by atoms with Gasteiger partial charge < -0.3 is 14.9 Å². The van der Waals surface area contributed by atoms with Gasteiger partial charge >= 0.3 is 5.97 Å². The lowest BCUT2D eigenvalue weighted by atomic mass is 10.0. The molecular formula is C24H28O8S. The Kier molecular flexibility index (Phi) is 9.16. The van der Waals surface area contributed by atoms with Crippen LogP contribution in [-0.2, 0) is 21.1 Å². The summed E-state index contributed by atoms with van der Waals surface area (Å²) < 4.78 is 31.1. The molecule has 2 aromatic carbocycles. The number of rotatable bonds is 13. The molecule has 0 aromatic heterocycles. The molecule has 0 bridgehead atoms. The fourth-order valence-electron chi connectivity index (χ4n) is 3.31. The molecule has 0 atom stereocenters. The summed E-state index contributed by atoms with van der Waals surface area (Å²) in [6.07, 6.45) is 0.864. The van der Waals surface area contributed by atoms with Crippen LogP contribution in [0.4, 0.5) is 0 Å². The fourth-order valence-corrected chi connectivity index (χ4v) is 4.63. The lowest BCUT2D eigenvalue weighted by Gasteiger charge is -2.14. The van der Waals surface area contributed by atoms with Gasteiger partial charge in [-0.2, -0.15) is 0 Å². The highest BCUT2D eigenvalue weighted by Crippen LogP contribution is 2.33. The molecule has 0 spiro atoms. The van der Waals surface area contributed by atoms with E-state index in [2.05, 4.69) is 0 Å². The Bertz CT molecular complexity index is 1140. The van der Waals surface area contributed by atoms with E-state index in [0.29, 0.717) is 17.7 Å². The molecule has 9 heteroatoms. The van der Waals surface area contributed by atoms with E-state index < -0.39 is 21.6 Å². The quantitative estimate of drug-likeness (QED) is 0.329. The Hall–Kier alpha value is -3.20. The number of carboxylic acid groups (broad SMARTS) is 1. The first-order valence-corrected chi connectivity index (χ1v) is 12.3. The van der Waals surface area contributed by atoms with Crippen LogP contribution in [0.1, 0.15) is 65.8 Å². The van der Waals surface area contributed by atoms with Crippen LogP contribution in [0.15, 0.2) is 41.3 Å². The molecule has 178 valence electrons. The van der Waals surface area contributed by atoms with Crippen molar-refractivity contribution in [1.29, 1.82) is 0 Å². The molecule has 0 heterocycles. The van der Waals surface area contributed by atoms with Gasteiger partial charge in [0, 0.05) is 17.5 Å². The fraction of sp³-hybridized carbons (Fsp3) is 0.375. The number of carboxylic acids is 1. The first-order valence-electron chi connectivity index (χ1n) is 10.6. The predicted octanol–water partition coefficient (Wildman–Crippen LogP) is 3.84. The third kappa shape index (κ3) is 7.15. The Morgan fingerprint density at radius 3 is 2.42 bits per heavy atom. The smallest absolute Gasteiger partial charge is 0.303 e. The zero-order valence-corrected chi connectivity index (χ0v) is 19.5. The molecule has 0 aliphatic heterocycles. The van der Waals surface area contributed by atoms with Crippen molar-refractivity contribution in [2.45, 2.75) is 50.8 Å². The highest BCUT2D eigenvalue weighted by Gasteiger charge is 2.19. The molecule has 0 fully saturated rings. The first-order chi connectivity index (χ1) is 15.6. The van der Waals surface area contributed by atoms with E-state index in [0.717, 1.165) is 6.42 Å². The number of sulfone groups is 1. The number of carbonyl (C=O) groups is 3. The zero-order valence-electron chi connectivity index (χ0n) is 18.7. The average Bonchev–Trinajstić information content (AvgIpc) is 2.77. The normalized spacial score (nSPS) is 11.2. The van der Waals surface area contributed by atoms with Gasteiger partial charge in [-0.05, 0) is 44.0 Å². The first kappa shape index (κ1) is 26.1. The van der Waals surface area contributed by atoms with Crippen LogP contribution in [0.2, 0.25) is 0 Å². The van der Waals surface area contributed by atoms with Crippen LogP contribution in [-0.4, -0.2) is 48.5 Å². The van der Waals surface area contributed by atoms with Crippen LogP contribution >= 0.6 is 0 Å². The predicted molar refractivity (Wildman–Crippen MR) is 122 cm³/mol. The molecule has 2 rings (SSSR count). The Labute approximate surface area is 193 Å². The number of Topliss-reactive ketones (excluding diaryl/α,β-unsaturated/α-hetero) is 2. The van der Waals surface area contributed by atoms with Crippen molar-refractivity contribution in [2.75, 3.05) is 12.4 Å². The number of aliphatic carboxylic acids is 1. The van der Waals surface area contributed by atoms with Crippen LogP contribution in [0, 0.1) is 0 Å². The van der Waals surface area contributed by atoms with E-state index in [1.54, 1.807) is 6.07 Å². The molecule has 2 N–H and O–H groups in total. The van der Waals surface area contributed by atoms with E-state index in [-0.39, 0.29) is 59.2 Å². The van der Waals surface area contributed by atoms with Crippen molar-refractivity contribution in [3.05, 3.63) is 53.1 Å². The minimum Gasteiger partial charge on any atom is -0.507 e. The summed E-state index contributed by atoms with van der Waals surface area (Å²) in [5.41, 5.74) is 0.880. The van der Waals surface area contributed by atoms with E-state index in [1.165, 1.54) is 37.3 Å². The van der Waals surface area contributed by atoms with Crippen molar-refractivity contribution < 1.29 is 37.8 Å². The third-order valence-corrected chi connectivity index (χ3v) is 6.81. The van der Waals surface area contributed by atoms with Crippen molar-refractivity contribution in [3.63, 3.8) is 0 Å². The van der Waals surface area contributed by atoms with Crippen molar-refractivity contribution in [1.82, 2.24) is 0 Å². The number of ether oxygens (including phenoxy) is 1. The van der Waals surface area contributed by atoms with Gasteiger partial charge in [-0.1, -0.05) is 25.5 Å². The molecule has 33 heavy (non-hydrogen) atoms. The van der Waals surface area contributed by atoms with Crippen LogP contribution < -0.4 is 4.74 Å². The molecular weight excluding hydrogens is 448 g/mol. The second kappa shape index (κ2) is 11.6. The number of hydrogen-bond acceptors (Lipinski definition) is 7. The van der Waals surface area contributed by atoms with Crippen molar-refractivity contribution in [2.24, 2.45) is 0 Å². The summed E-state index contributed by atoms with van der Waals surface area (Å²) in [7, 11) is -3.69. The number of phenols is 1. The highest BCUT2D eigenvalue weighted by atomic mass is 32.2. The Morgan fingerprint density at radius 2 is 1.79 bits per heavy atom. The maximum atomic E-state index is 12.7. The van der Waals surface area contributed by atoms with Gasteiger partial charge in [0.25, 0.3) is 0 Å². The van der Waals surface area contributed by atoms with E-state index >= 15 is 0 Å². The summed E-state index contributed by atoms with van der Waals surface area (Å²) in [5.74, 6) is -1.72. The van der Waals surface area contributed by atoms with Gasteiger partial charge in [0.1, 0.15) is 11.5 Å². The van der Waals surface area contributed by atoms with Gasteiger partial charge in [0.2, 0.25) is 0 Å². The van der Waals surface area contributed by atoms with Gasteiger partial charge in [0.15, 0.2) is 21.4 Å². The topological polar surface area (TPSA) is 135 Å². The van der Waals surface area contributed by atoms with Crippen molar-refractivity contribution in [3.8, 4) is 11.5 Å². The largest absolute Gasteiger partial charge is 0.507 e. The van der Waals surface area contributed by atoms with Gasteiger partial charge in [0.05, 0.1) is 29.2 Å². The van der Waals surface area contributed by atoms with E-state index in [4.69, 9.17) is 9.84 Å². The third-order valence-electron chi connectivity index (χ3n) is 5.02. The molecule has 8 nitrogen and oxygen atoms in total. The second-order valence-corrected chi connectivity index (χ2v) is 9.72. The maximum Gasteiger partial charge on any atom is 0.303 e. The Balaban J connectivity index is 2.04. The highest BCUT2D eigenvalue weighted by molar-refractivity contribution is 7.91. The summed E-state index contributed by atoms with van der Waals surface area (Å²) in [5, 5.41) is 19.1. The average molecular weight is 477 g/mol.